The zero-order valence-electron chi connectivity index (χ0n) is 80.2. The van der Waals surface area contributed by atoms with Crippen molar-refractivity contribution in [2.75, 3.05) is 0 Å². The molecule has 3 aliphatic rings. The van der Waals surface area contributed by atoms with E-state index in [9.17, 15) is 0 Å². The van der Waals surface area contributed by atoms with Crippen LogP contribution in [0.25, 0.3) is 229 Å². The zero-order chi connectivity index (χ0) is 96.5. The molecule has 0 aliphatic heterocycles. The highest BCUT2D eigenvalue weighted by molar-refractivity contribution is 6.19. The third-order valence-corrected chi connectivity index (χ3v) is 29.6. The standard InChI is InChI=1S/C48H34N4.2C42H30N4/c1-48(2)40-22-11-9-21-39(40)43-41(48)29-28-38-37-20-10-12-23-42(37)52(44(38)43)36-19-13-18-35(30-36)47-50-45(33-16-7-4-8-17-33)49-46(51-47)34-26-24-32(25-27-34)31-14-5-3-6-15-31;1-42(2)34-21-13-12-20-32(34)37-35(42)24-23-31-33-26-30(27-14-6-3-7-15-27)22-25-36(33)46(38(31)37)41-44-39(28-16-8-4-9-17-28)43-40(45-41)29-18-10-5-11-19-29;1-42(2)34-22-11-9-21-33(34)37-35(42)25-24-32-31-20-10-12-23-36(31)46(38(32)37)41-44-39(28-16-7-4-8-17-28)43-40(45-41)30-19-13-18-29(26-30)27-14-5-3-6-15-27/h3-30H,1-2H3;2*3-26H,1-2H3. The maximum Gasteiger partial charge on any atom is 0.238 e. The van der Waals surface area contributed by atoms with Crippen molar-refractivity contribution in [2.24, 2.45) is 0 Å². The Hall–Kier alpha value is -18.4. The second-order valence-electron chi connectivity index (χ2n) is 39.1. The topological polar surface area (TPSA) is 131 Å². The van der Waals surface area contributed by atoms with Crippen LogP contribution in [-0.2, 0) is 16.2 Å². The Labute approximate surface area is 834 Å². The summed E-state index contributed by atoms with van der Waals surface area (Å²) < 4.78 is 6.98. The molecular formula is C132H94N12. The lowest BCUT2D eigenvalue weighted by Crippen LogP contribution is -2.14. The molecule has 0 spiro atoms. The molecule has 19 aromatic carbocycles. The largest absolute Gasteiger partial charge is 0.309 e. The summed E-state index contributed by atoms with van der Waals surface area (Å²) in [4.78, 5) is 46.2. The van der Waals surface area contributed by atoms with E-state index in [1.54, 1.807) is 0 Å². The molecule has 25 aromatic rings. The molecule has 0 N–H and O–H groups in total. The van der Waals surface area contributed by atoms with Gasteiger partial charge in [0.25, 0.3) is 0 Å². The van der Waals surface area contributed by atoms with Crippen molar-refractivity contribution in [2.45, 2.75) is 57.8 Å². The summed E-state index contributed by atoms with van der Waals surface area (Å²) in [6, 6.07) is 162. The van der Waals surface area contributed by atoms with E-state index < -0.39 is 0 Å². The molecule has 0 radical (unpaired) electrons. The Morgan fingerprint density at radius 2 is 0.417 bits per heavy atom. The highest BCUT2D eigenvalue weighted by Gasteiger charge is 2.42. The van der Waals surface area contributed by atoms with Crippen LogP contribution in [0.4, 0.5) is 0 Å². The lowest BCUT2D eigenvalue weighted by atomic mass is 9.82. The second kappa shape index (κ2) is 34.6. The second-order valence-corrected chi connectivity index (χ2v) is 39.1. The first-order valence-corrected chi connectivity index (χ1v) is 49.2. The third kappa shape index (κ3) is 14.4. The molecule has 12 nitrogen and oxygen atoms in total. The fraction of sp³-hybridized carbons (Fsp3) is 0.0682. The van der Waals surface area contributed by atoms with E-state index in [2.05, 4.69) is 431 Å². The third-order valence-electron chi connectivity index (χ3n) is 29.6. The van der Waals surface area contributed by atoms with Gasteiger partial charge in [-0.2, -0.15) is 19.9 Å². The van der Waals surface area contributed by atoms with Crippen molar-refractivity contribution in [1.82, 2.24) is 58.6 Å². The Morgan fingerprint density at radius 1 is 0.160 bits per heavy atom. The van der Waals surface area contributed by atoms with Crippen LogP contribution in [0.2, 0.25) is 0 Å². The van der Waals surface area contributed by atoms with Gasteiger partial charge in [0, 0.05) is 110 Å². The predicted molar refractivity (Wildman–Crippen MR) is 590 cm³/mol. The summed E-state index contributed by atoms with van der Waals surface area (Å²) in [6.07, 6.45) is 0. The van der Waals surface area contributed by atoms with Crippen molar-refractivity contribution in [3.8, 4) is 164 Å². The summed E-state index contributed by atoms with van der Waals surface area (Å²) in [6.45, 7) is 14.0. The maximum absolute atomic E-state index is 5.27. The van der Waals surface area contributed by atoms with Crippen molar-refractivity contribution in [1.29, 1.82) is 0 Å². The number of aromatic nitrogens is 12. The first-order valence-electron chi connectivity index (χ1n) is 49.2. The Balaban J connectivity index is 0.000000110. The van der Waals surface area contributed by atoms with Gasteiger partial charge in [-0.15, -0.1) is 0 Å². The molecule has 0 fully saturated rings. The molecular weight excluding hydrogens is 1750 g/mol. The summed E-state index contributed by atoms with van der Waals surface area (Å²) in [5, 5.41) is 7.21. The monoisotopic (exact) mass is 1850 g/mol. The van der Waals surface area contributed by atoms with Crippen LogP contribution < -0.4 is 0 Å². The highest BCUT2D eigenvalue weighted by atomic mass is 15.2. The van der Waals surface area contributed by atoms with E-state index >= 15 is 0 Å². The van der Waals surface area contributed by atoms with Gasteiger partial charge < -0.3 is 4.57 Å². The van der Waals surface area contributed by atoms with E-state index in [1.165, 1.54) is 127 Å². The highest BCUT2D eigenvalue weighted by Crippen LogP contribution is 2.57. The van der Waals surface area contributed by atoms with Crippen LogP contribution in [0.15, 0.2) is 461 Å². The fourth-order valence-electron chi connectivity index (χ4n) is 22.5. The molecule has 6 heterocycles. The normalized spacial score (nSPS) is 13.1. The van der Waals surface area contributed by atoms with Gasteiger partial charge in [0.05, 0.1) is 33.1 Å². The Morgan fingerprint density at radius 3 is 0.826 bits per heavy atom. The van der Waals surface area contributed by atoms with Crippen molar-refractivity contribution in [3.63, 3.8) is 0 Å². The van der Waals surface area contributed by atoms with Gasteiger partial charge in [-0.05, 0) is 126 Å². The number of nitrogens with zero attached hydrogens (tertiary/aromatic N) is 12. The molecule has 682 valence electrons. The molecule has 3 aliphatic carbocycles. The van der Waals surface area contributed by atoms with Crippen molar-refractivity contribution < 1.29 is 0 Å². The van der Waals surface area contributed by atoms with Crippen molar-refractivity contribution >= 4 is 65.4 Å². The molecule has 12 heteroatoms. The number of para-hydroxylation sites is 2. The molecule has 0 bridgehead atoms. The minimum Gasteiger partial charge on any atom is -0.309 e. The van der Waals surface area contributed by atoms with Crippen LogP contribution in [0.5, 0.6) is 0 Å². The average Bonchev–Trinajstić information content (AvgIpc) is 1.56. The van der Waals surface area contributed by atoms with Gasteiger partial charge in [0.1, 0.15) is 0 Å². The van der Waals surface area contributed by atoms with Gasteiger partial charge in [0.2, 0.25) is 11.9 Å². The van der Waals surface area contributed by atoms with Crippen molar-refractivity contribution in [3.05, 3.63) is 494 Å². The van der Waals surface area contributed by atoms with Gasteiger partial charge >= 0.3 is 0 Å². The van der Waals surface area contributed by atoms with E-state index in [1.807, 2.05) is 84.9 Å². The summed E-state index contributed by atoms with van der Waals surface area (Å²) in [7, 11) is 0. The van der Waals surface area contributed by atoms with Crippen LogP contribution in [0.1, 0.15) is 74.9 Å². The minimum absolute atomic E-state index is 0.0995. The number of rotatable bonds is 13. The number of hydrogen-bond donors (Lipinski definition) is 0. The summed E-state index contributed by atoms with van der Waals surface area (Å²) in [5.41, 5.74) is 36.8. The van der Waals surface area contributed by atoms with Gasteiger partial charge in [-0.1, -0.05) is 460 Å². The molecule has 0 unspecified atom stereocenters. The van der Waals surface area contributed by atoms with Crippen LogP contribution in [0.3, 0.4) is 0 Å². The molecule has 0 saturated heterocycles. The molecule has 144 heavy (non-hydrogen) atoms. The lowest BCUT2D eigenvalue weighted by molar-refractivity contribution is 0.660. The minimum atomic E-state index is -0.139. The first kappa shape index (κ1) is 86.0. The van der Waals surface area contributed by atoms with Gasteiger partial charge in [-0.3, -0.25) is 9.13 Å². The maximum atomic E-state index is 5.27. The number of fused-ring (bicyclic) bond motifs is 21. The molecule has 0 atom stereocenters. The van der Waals surface area contributed by atoms with E-state index in [4.69, 9.17) is 44.9 Å². The van der Waals surface area contributed by atoms with Crippen LogP contribution in [-0.4, -0.2) is 58.6 Å². The summed E-state index contributed by atoms with van der Waals surface area (Å²) >= 11 is 0. The smallest absolute Gasteiger partial charge is 0.238 e. The Kier molecular flexibility index (Phi) is 20.7. The lowest BCUT2D eigenvalue weighted by Gasteiger charge is -2.21. The van der Waals surface area contributed by atoms with E-state index in [0.29, 0.717) is 52.7 Å². The number of hydrogen-bond acceptors (Lipinski definition) is 9. The van der Waals surface area contributed by atoms with Crippen LogP contribution >= 0.6 is 0 Å². The zero-order valence-corrected chi connectivity index (χ0v) is 80.2. The SMILES string of the molecule is CC1(C)c2ccccc2-c2c1ccc1c3cc(-c4ccccc4)ccc3n(-c3nc(-c4ccccc4)nc(-c4ccccc4)n3)c21.CC1(C)c2ccccc2-c2c1ccc1c3ccccc3n(-c3cccc(-c4nc(-c5ccccc5)nc(-c5ccc(-c6ccccc6)cc5)n4)c3)c21.CC1(C)c2ccccc2-c2c1ccc1c3ccccc3n(-c3nc(-c4ccccc4)nc(-c4cccc(-c5ccccc5)c4)n3)c21. The average molecular weight is 1850 g/mol. The Bertz CT molecular complexity index is 9320. The summed E-state index contributed by atoms with van der Waals surface area (Å²) in [5.74, 6) is 5.71. The molecule has 28 rings (SSSR count). The quantitative estimate of drug-likeness (QED) is 0.111. The molecule has 6 aromatic heterocycles. The van der Waals surface area contributed by atoms with Crippen LogP contribution in [0, 0.1) is 0 Å². The van der Waals surface area contributed by atoms with E-state index in [-0.39, 0.29) is 16.2 Å². The van der Waals surface area contributed by atoms with Gasteiger partial charge in [0.15, 0.2) is 40.8 Å². The predicted octanol–water partition coefficient (Wildman–Crippen LogP) is 32.5. The molecule has 0 saturated carbocycles. The first-order chi connectivity index (χ1) is 70.7. The fourth-order valence-corrected chi connectivity index (χ4v) is 22.5. The number of benzene rings is 19. The van der Waals surface area contributed by atoms with E-state index in [0.717, 1.165) is 83.4 Å². The van der Waals surface area contributed by atoms with Gasteiger partial charge in [-0.25, -0.2) is 24.9 Å². The molecule has 0 amide bonds.